The van der Waals surface area contributed by atoms with Crippen LogP contribution in [0.3, 0.4) is 0 Å². The van der Waals surface area contributed by atoms with Gasteiger partial charge in [-0.15, -0.1) is 0 Å². The number of likely N-dealkylation sites (tertiary alicyclic amines) is 1. The molecular weight excluding hydrogens is 264 g/mol. The van der Waals surface area contributed by atoms with Gasteiger partial charge in [0.2, 0.25) is 0 Å². The summed E-state index contributed by atoms with van der Waals surface area (Å²) in [5.41, 5.74) is -0.431. The first-order valence-corrected chi connectivity index (χ1v) is 8.23. The third-order valence-electron chi connectivity index (χ3n) is 5.13. The lowest BCUT2D eigenvalue weighted by atomic mass is 9.71. The SMILES string of the molecule is CC(C)(C)n1ncnc1CN1CCC2(O)CCCCC2C1. The molecule has 2 unspecified atom stereocenters. The summed E-state index contributed by atoms with van der Waals surface area (Å²) in [5.74, 6) is 1.47. The zero-order chi connectivity index (χ0) is 15.1. The van der Waals surface area contributed by atoms with Gasteiger partial charge in [0, 0.05) is 19.0 Å². The minimum atomic E-state index is -0.396. The normalized spacial score (nSPS) is 31.1. The van der Waals surface area contributed by atoms with E-state index in [9.17, 15) is 5.11 Å². The van der Waals surface area contributed by atoms with Crippen molar-refractivity contribution in [2.45, 2.75) is 70.6 Å². The highest BCUT2D eigenvalue weighted by molar-refractivity contribution is 4.98. The molecule has 0 amide bonds. The Morgan fingerprint density at radius 3 is 2.90 bits per heavy atom. The molecule has 118 valence electrons. The predicted octanol–water partition coefficient (Wildman–Crippen LogP) is 2.16. The first kappa shape index (κ1) is 15.0. The summed E-state index contributed by atoms with van der Waals surface area (Å²) in [6.07, 6.45) is 7.16. The molecule has 3 rings (SSSR count). The van der Waals surface area contributed by atoms with Crippen molar-refractivity contribution in [1.82, 2.24) is 19.7 Å². The number of aliphatic hydroxyl groups is 1. The Morgan fingerprint density at radius 1 is 1.33 bits per heavy atom. The first-order valence-electron chi connectivity index (χ1n) is 8.23. The predicted molar refractivity (Wildman–Crippen MR) is 81.8 cm³/mol. The van der Waals surface area contributed by atoms with E-state index in [2.05, 4.69) is 35.8 Å². The third kappa shape index (κ3) is 2.99. The molecule has 5 heteroatoms. The van der Waals surface area contributed by atoms with Gasteiger partial charge >= 0.3 is 0 Å². The molecule has 2 fully saturated rings. The third-order valence-corrected chi connectivity index (χ3v) is 5.13. The van der Waals surface area contributed by atoms with Crippen molar-refractivity contribution < 1.29 is 5.11 Å². The van der Waals surface area contributed by atoms with E-state index in [1.165, 1.54) is 19.3 Å². The van der Waals surface area contributed by atoms with Crippen LogP contribution in [0, 0.1) is 5.92 Å². The Labute approximate surface area is 127 Å². The van der Waals surface area contributed by atoms with Crippen molar-refractivity contribution in [3.05, 3.63) is 12.2 Å². The summed E-state index contributed by atoms with van der Waals surface area (Å²) in [5, 5.41) is 15.1. The van der Waals surface area contributed by atoms with Crippen LogP contribution in [-0.4, -0.2) is 43.5 Å². The van der Waals surface area contributed by atoms with Gasteiger partial charge in [-0.2, -0.15) is 5.10 Å². The molecule has 1 saturated carbocycles. The number of rotatable bonds is 2. The molecule has 1 saturated heterocycles. The number of piperidine rings is 1. The number of hydrogen-bond donors (Lipinski definition) is 1. The molecule has 2 aliphatic rings. The molecule has 2 atom stereocenters. The van der Waals surface area contributed by atoms with E-state index in [4.69, 9.17) is 0 Å². The van der Waals surface area contributed by atoms with Gasteiger partial charge < -0.3 is 5.11 Å². The first-order chi connectivity index (χ1) is 9.88. The Balaban J connectivity index is 1.69. The molecule has 0 aromatic carbocycles. The molecule has 0 spiro atoms. The highest BCUT2D eigenvalue weighted by Gasteiger charge is 2.42. The lowest BCUT2D eigenvalue weighted by Crippen LogP contribution is -2.53. The Kier molecular flexibility index (Phi) is 3.82. The van der Waals surface area contributed by atoms with Gasteiger partial charge in [0.1, 0.15) is 12.2 Å². The number of aromatic nitrogens is 3. The van der Waals surface area contributed by atoms with E-state index in [1.54, 1.807) is 6.33 Å². The lowest BCUT2D eigenvalue weighted by Gasteiger charge is -2.47. The molecule has 5 nitrogen and oxygen atoms in total. The molecule has 1 aromatic rings. The summed E-state index contributed by atoms with van der Waals surface area (Å²) in [7, 11) is 0. The smallest absolute Gasteiger partial charge is 0.141 e. The fourth-order valence-corrected chi connectivity index (χ4v) is 3.92. The van der Waals surface area contributed by atoms with E-state index >= 15 is 0 Å². The second-order valence-electron chi connectivity index (χ2n) is 7.79. The average Bonchev–Trinajstić information content (AvgIpc) is 2.87. The van der Waals surface area contributed by atoms with E-state index in [0.717, 1.165) is 38.3 Å². The Bertz CT molecular complexity index is 493. The summed E-state index contributed by atoms with van der Waals surface area (Å²) in [4.78, 5) is 6.89. The van der Waals surface area contributed by atoms with Crippen molar-refractivity contribution in [3.8, 4) is 0 Å². The molecule has 1 N–H and O–H groups in total. The van der Waals surface area contributed by atoms with E-state index in [-0.39, 0.29) is 5.54 Å². The van der Waals surface area contributed by atoms with Crippen molar-refractivity contribution in [2.75, 3.05) is 13.1 Å². The second kappa shape index (κ2) is 5.36. The highest BCUT2D eigenvalue weighted by Crippen LogP contribution is 2.40. The summed E-state index contributed by atoms with van der Waals surface area (Å²) >= 11 is 0. The van der Waals surface area contributed by atoms with Gasteiger partial charge in [-0.05, 0) is 40.0 Å². The number of nitrogens with zero attached hydrogens (tertiary/aromatic N) is 4. The van der Waals surface area contributed by atoms with Crippen LogP contribution in [0.2, 0.25) is 0 Å². The topological polar surface area (TPSA) is 54.2 Å². The number of hydrogen-bond acceptors (Lipinski definition) is 4. The van der Waals surface area contributed by atoms with Gasteiger partial charge in [0.05, 0.1) is 17.7 Å². The van der Waals surface area contributed by atoms with Gasteiger partial charge in [-0.3, -0.25) is 4.90 Å². The quantitative estimate of drug-likeness (QED) is 0.907. The van der Waals surface area contributed by atoms with Gasteiger partial charge in [0.25, 0.3) is 0 Å². The lowest BCUT2D eigenvalue weighted by molar-refractivity contribution is -0.0973. The Morgan fingerprint density at radius 2 is 2.14 bits per heavy atom. The van der Waals surface area contributed by atoms with Gasteiger partial charge in [0.15, 0.2) is 0 Å². The fourth-order valence-electron chi connectivity index (χ4n) is 3.92. The molecular formula is C16H28N4O. The molecule has 0 bridgehead atoms. The van der Waals surface area contributed by atoms with Crippen LogP contribution in [0.4, 0.5) is 0 Å². The molecule has 1 aliphatic heterocycles. The standard InChI is InChI=1S/C16H28N4O/c1-15(2,3)20-14(17-12-18-20)11-19-9-8-16(21)7-5-4-6-13(16)10-19/h12-13,21H,4-11H2,1-3H3. The van der Waals surface area contributed by atoms with E-state index < -0.39 is 5.60 Å². The van der Waals surface area contributed by atoms with E-state index in [1.807, 2.05) is 4.68 Å². The minimum absolute atomic E-state index is 0.0345. The van der Waals surface area contributed by atoms with Crippen LogP contribution < -0.4 is 0 Å². The summed E-state index contributed by atoms with van der Waals surface area (Å²) in [6, 6.07) is 0. The summed E-state index contributed by atoms with van der Waals surface area (Å²) < 4.78 is 2.02. The zero-order valence-corrected chi connectivity index (χ0v) is 13.5. The molecule has 2 heterocycles. The van der Waals surface area contributed by atoms with Crippen LogP contribution in [0.15, 0.2) is 6.33 Å². The van der Waals surface area contributed by atoms with Gasteiger partial charge in [-0.25, -0.2) is 9.67 Å². The zero-order valence-electron chi connectivity index (χ0n) is 13.5. The number of fused-ring (bicyclic) bond motifs is 1. The van der Waals surface area contributed by atoms with Crippen molar-refractivity contribution in [2.24, 2.45) is 5.92 Å². The molecule has 1 aromatic heterocycles. The maximum atomic E-state index is 10.8. The second-order valence-corrected chi connectivity index (χ2v) is 7.79. The van der Waals surface area contributed by atoms with Crippen LogP contribution >= 0.6 is 0 Å². The van der Waals surface area contributed by atoms with Crippen molar-refractivity contribution >= 4 is 0 Å². The van der Waals surface area contributed by atoms with Crippen molar-refractivity contribution in [3.63, 3.8) is 0 Å². The minimum Gasteiger partial charge on any atom is -0.390 e. The molecule has 21 heavy (non-hydrogen) atoms. The average molecular weight is 292 g/mol. The van der Waals surface area contributed by atoms with Crippen LogP contribution in [0.5, 0.6) is 0 Å². The molecule has 1 aliphatic carbocycles. The monoisotopic (exact) mass is 292 g/mol. The highest BCUT2D eigenvalue weighted by atomic mass is 16.3. The fraction of sp³-hybridized carbons (Fsp3) is 0.875. The maximum absolute atomic E-state index is 10.8. The van der Waals surface area contributed by atoms with E-state index in [0.29, 0.717) is 5.92 Å². The molecule has 0 radical (unpaired) electrons. The van der Waals surface area contributed by atoms with Gasteiger partial charge in [-0.1, -0.05) is 12.8 Å². The largest absolute Gasteiger partial charge is 0.390 e. The summed E-state index contributed by atoms with van der Waals surface area (Å²) in [6.45, 7) is 9.26. The van der Waals surface area contributed by atoms with Crippen LogP contribution in [0.1, 0.15) is 58.7 Å². The maximum Gasteiger partial charge on any atom is 0.141 e. The van der Waals surface area contributed by atoms with Crippen LogP contribution in [0.25, 0.3) is 0 Å². The Hall–Kier alpha value is -0.940. The van der Waals surface area contributed by atoms with Crippen molar-refractivity contribution in [1.29, 1.82) is 0 Å². The van der Waals surface area contributed by atoms with Crippen LogP contribution in [-0.2, 0) is 12.1 Å².